The normalized spacial score (nSPS) is 39.5. The average Bonchev–Trinajstić information content (AvgIpc) is 3.18. The molecule has 11 nitrogen and oxygen atoms in total. The molecular weight excluding hydrogens is 536 g/mol. The van der Waals surface area contributed by atoms with Gasteiger partial charge in [0.05, 0.1) is 6.10 Å². The molecular formula is C30H44O11. The zero-order valence-corrected chi connectivity index (χ0v) is 25.7. The predicted octanol–water partition coefficient (Wildman–Crippen LogP) is 3.45. The summed E-state index contributed by atoms with van der Waals surface area (Å²) in [6.45, 7) is 15.6. The summed E-state index contributed by atoms with van der Waals surface area (Å²) in [7, 11) is 0. The topological polar surface area (TPSA) is 141 Å². The van der Waals surface area contributed by atoms with Gasteiger partial charge in [0.2, 0.25) is 0 Å². The Kier molecular flexibility index (Phi) is 9.62. The van der Waals surface area contributed by atoms with Crippen molar-refractivity contribution in [3.8, 4) is 0 Å². The standard InChI is InChI=1S/C30H44O11/c1-14(2)23-24-25(30(10,41-20(8)35)28(38-18(6)33)26(23)37-17(5)32)22-13-15(3)21(36-16(4)31)11-12-29(9,27(24)39-22)40-19(7)34/h13-14,21-28H,11-12H2,1-10H3/b15-13-/t21-,22+,23+,24+,25+,26-,27+,28-,29+,30-/m1/s1. The van der Waals surface area contributed by atoms with Gasteiger partial charge in [-0.15, -0.1) is 0 Å². The summed E-state index contributed by atoms with van der Waals surface area (Å²) >= 11 is 0. The van der Waals surface area contributed by atoms with Gasteiger partial charge in [0, 0.05) is 52.4 Å². The lowest BCUT2D eigenvalue weighted by molar-refractivity contribution is -0.248. The van der Waals surface area contributed by atoms with Gasteiger partial charge in [-0.2, -0.15) is 0 Å². The first kappa shape index (κ1) is 32.6. The fourth-order valence-electron chi connectivity index (χ4n) is 7.43. The monoisotopic (exact) mass is 580 g/mol. The molecule has 11 heteroatoms. The molecule has 2 bridgehead atoms. The summed E-state index contributed by atoms with van der Waals surface area (Å²) in [4.78, 5) is 61.9. The SMILES string of the molecule is CC(=O)O[C@@H]1[C@@H](C(C)C)[C@H]2[C@H]([C@@H]3/C=C(/C)[C@H](OC(C)=O)CC[C@](C)(OC(C)=O)[C@H]2O3)[C@@](C)(OC(C)=O)[C@@H]1OC(C)=O. The molecule has 3 aliphatic rings. The van der Waals surface area contributed by atoms with Crippen molar-refractivity contribution in [2.24, 2.45) is 23.7 Å². The third kappa shape index (κ3) is 6.60. The molecule has 0 aromatic rings. The van der Waals surface area contributed by atoms with Crippen molar-refractivity contribution >= 4 is 29.8 Å². The molecule has 0 amide bonds. The van der Waals surface area contributed by atoms with Gasteiger partial charge in [0.25, 0.3) is 0 Å². The van der Waals surface area contributed by atoms with Crippen molar-refractivity contribution in [1.82, 2.24) is 0 Å². The van der Waals surface area contributed by atoms with Gasteiger partial charge >= 0.3 is 29.8 Å². The molecule has 0 aromatic heterocycles. The summed E-state index contributed by atoms with van der Waals surface area (Å²) < 4.78 is 36.2. The maximum Gasteiger partial charge on any atom is 0.303 e. The zero-order valence-electron chi connectivity index (χ0n) is 25.7. The molecule has 41 heavy (non-hydrogen) atoms. The number of hydrogen-bond acceptors (Lipinski definition) is 11. The van der Waals surface area contributed by atoms with Crippen LogP contribution in [0.25, 0.3) is 0 Å². The highest BCUT2D eigenvalue weighted by atomic mass is 16.6. The third-order valence-corrected chi connectivity index (χ3v) is 8.62. The van der Waals surface area contributed by atoms with Crippen LogP contribution in [-0.4, -0.2) is 71.6 Å². The van der Waals surface area contributed by atoms with Crippen LogP contribution in [0, 0.1) is 23.7 Å². The molecule has 3 rings (SSSR count). The van der Waals surface area contributed by atoms with E-state index in [2.05, 4.69) is 0 Å². The molecule has 0 aromatic carbocycles. The quantitative estimate of drug-likeness (QED) is 0.259. The Morgan fingerprint density at radius 3 is 1.90 bits per heavy atom. The zero-order chi connectivity index (χ0) is 31.0. The summed E-state index contributed by atoms with van der Waals surface area (Å²) in [5.41, 5.74) is -1.99. The van der Waals surface area contributed by atoms with Crippen molar-refractivity contribution in [1.29, 1.82) is 0 Å². The Morgan fingerprint density at radius 2 is 1.41 bits per heavy atom. The van der Waals surface area contributed by atoms with E-state index >= 15 is 0 Å². The largest absolute Gasteiger partial charge is 0.458 e. The molecule has 1 saturated heterocycles. The number of rotatable bonds is 6. The van der Waals surface area contributed by atoms with Crippen LogP contribution < -0.4 is 0 Å². The van der Waals surface area contributed by atoms with E-state index in [9.17, 15) is 24.0 Å². The van der Waals surface area contributed by atoms with Gasteiger partial charge in [0.1, 0.15) is 23.9 Å². The van der Waals surface area contributed by atoms with Crippen LogP contribution in [0.2, 0.25) is 0 Å². The Balaban J connectivity index is 2.36. The minimum Gasteiger partial charge on any atom is -0.458 e. The second-order valence-corrected chi connectivity index (χ2v) is 12.3. The van der Waals surface area contributed by atoms with Gasteiger partial charge in [-0.1, -0.05) is 19.9 Å². The number of ether oxygens (including phenoxy) is 6. The number of hydrogen-bond donors (Lipinski definition) is 0. The van der Waals surface area contributed by atoms with Crippen molar-refractivity contribution in [2.75, 3.05) is 0 Å². The Morgan fingerprint density at radius 1 is 0.854 bits per heavy atom. The molecule has 0 spiro atoms. The number of fused-ring (bicyclic) bond motifs is 5. The van der Waals surface area contributed by atoms with Crippen LogP contribution in [0.1, 0.15) is 82.1 Å². The van der Waals surface area contributed by atoms with Crippen molar-refractivity contribution in [2.45, 2.75) is 124 Å². The molecule has 10 atom stereocenters. The third-order valence-electron chi connectivity index (χ3n) is 8.62. The lowest BCUT2D eigenvalue weighted by atomic mass is 9.55. The Bertz CT molecular complexity index is 1100. The minimum absolute atomic E-state index is 0.125. The molecule has 2 aliphatic heterocycles. The number of esters is 5. The molecule has 230 valence electrons. The van der Waals surface area contributed by atoms with Crippen molar-refractivity contribution < 1.29 is 52.4 Å². The van der Waals surface area contributed by atoms with Gasteiger partial charge in [-0.3, -0.25) is 24.0 Å². The summed E-state index contributed by atoms with van der Waals surface area (Å²) in [6.07, 6.45) is -1.71. The fourth-order valence-corrected chi connectivity index (χ4v) is 7.43. The van der Waals surface area contributed by atoms with Gasteiger partial charge < -0.3 is 28.4 Å². The molecule has 1 saturated carbocycles. The first-order valence-corrected chi connectivity index (χ1v) is 14.2. The molecule has 0 radical (unpaired) electrons. The van der Waals surface area contributed by atoms with Crippen LogP contribution in [-0.2, 0) is 52.4 Å². The lowest BCUT2D eigenvalue weighted by Crippen LogP contribution is -2.69. The number of carbonyl (C=O) groups is 5. The van der Waals surface area contributed by atoms with Crippen LogP contribution in [0.3, 0.4) is 0 Å². The summed E-state index contributed by atoms with van der Waals surface area (Å²) in [6, 6.07) is 0. The van der Waals surface area contributed by atoms with E-state index in [0.29, 0.717) is 12.0 Å². The van der Waals surface area contributed by atoms with Crippen LogP contribution >= 0.6 is 0 Å². The van der Waals surface area contributed by atoms with Crippen molar-refractivity contribution in [3.63, 3.8) is 0 Å². The van der Waals surface area contributed by atoms with Crippen molar-refractivity contribution in [3.05, 3.63) is 11.6 Å². The first-order chi connectivity index (χ1) is 18.9. The van der Waals surface area contributed by atoms with Gasteiger partial charge in [0.15, 0.2) is 11.7 Å². The van der Waals surface area contributed by atoms with Crippen LogP contribution in [0.15, 0.2) is 11.6 Å². The van der Waals surface area contributed by atoms with E-state index < -0.39 is 89.3 Å². The Labute approximate surface area is 241 Å². The molecule has 0 N–H and O–H groups in total. The van der Waals surface area contributed by atoms with E-state index in [1.54, 1.807) is 13.8 Å². The average molecular weight is 581 g/mol. The Hall–Kier alpha value is -2.95. The minimum atomic E-state index is -1.52. The second-order valence-electron chi connectivity index (χ2n) is 12.3. The second kappa shape index (κ2) is 12.1. The molecule has 2 fully saturated rings. The molecule has 2 heterocycles. The van der Waals surface area contributed by atoms with E-state index in [1.165, 1.54) is 34.6 Å². The van der Waals surface area contributed by atoms with E-state index in [4.69, 9.17) is 28.4 Å². The van der Waals surface area contributed by atoms with E-state index in [0.717, 1.165) is 0 Å². The van der Waals surface area contributed by atoms with Gasteiger partial charge in [-0.05, 0) is 45.1 Å². The molecule has 0 unspecified atom stereocenters. The van der Waals surface area contributed by atoms with Crippen LogP contribution in [0.5, 0.6) is 0 Å². The fraction of sp³-hybridized carbons (Fsp3) is 0.767. The number of carbonyl (C=O) groups excluding carboxylic acids is 5. The highest BCUT2D eigenvalue weighted by Gasteiger charge is 2.71. The maximum absolute atomic E-state index is 12.6. The van der Waals surface area contributed by atoms with E-state index in [1.807, 2.05) is 26.8 Å². The highest BCUT2D eigenvalue weighted by Crippen LogP contribution is 2.59. The van der Waals surface area contributed by atoms with Crippen LogP contribution in [0.4, 0.5) is 0 Å². The lowest BCUT2D eigenvalue weighted by Gasteiger charge is -2.55. The predicted molar refractivity (Wildman–Crippen MR) is 144 cm³/mol. The smallest absolute Gasteiger partial charge is 0.303 e. The summed E-state index contributed by atoms with van der Waals surface area (Å²) in [5, 5.41) is 0. The van der Waals surface area contributed by atoms with Gasteiger partial charge in [-0.25, -0.2) is 0 Å². The molecule has 1 aliphatic carbocycles. The summed E-state index contributed by atoms with van der Waals surface area (Å²) in [5.74, 6) is -4.48. The first-order valence-electron chi connectivity index (χ1n) is 14.2. The van der Waals surface area contributed by atoms with E-state index in [-0.39, 0.29) is 12.3 Å². The maximum atomic E-state index is 12.6. The highest BCUT2D eigenvalue weighted by molar-refractivity contribution is 5.69.